The lowest BCUT2D eigenvalue weighted by Crippen LogP contribution is -2.53. The molecule has 1 nitrogen and oxygen atoms in total. The molecule has 7 aromatic rings. The zero-order chi connectivity index (χ0) is 29.4. The second-order valence-corrected chi connectivity index (χ2v) is 14.7. The first-order chi connectivity index (χ1) is 21.4. The minimum absolute atomic E-state index is 0.00374. The molecule has 10 rings (SSSR count). The van der Waals surface area contributed by atoms with E-state index < -0.39 is 0 Å². The lowest BCUT2D eigenvalue weighted by Gasteiger charge is -2.54. The molecular formula is C42H31NS. The van der Waals surface area contributed by atoms with E-state index in [-0.39, 0.29) is 10.8 Å². The molecule has 0 spiro atoms. The first-order valence-electron chi connectivity index (χ1n) is 15.6. The van der Waals surface area contributed by atoms with Crippen LogP contribution in [0.25, 0.3) is 59.2 Å². The molecule has 44 heavy (non-hydrogen) atoms. The Balaban J connectivity index is 1.46. The Bertz CT molecular complexity index is 2600. The van der Waals surface area contributed by atoms with Gasteiger partial charge >= 0.3 is 0 Å². The van der Waals surface area contributed by atoms with Crippen LogP contribution in [0.1, 0.15) is 31.9 Å². The number of nitrogens with zero attached hydrogens (tertiary/aromatic N) is 1. The van der Waals surface area contributed by atoms with Crippen molar-refractivity contribution in [3.8, 4) is 5.69 Å². The van der Waals surface area contributed by atoms with E-state index in [2.05, 4.69) is 153 Å². The number of fused-ring (bicyclic) bond motifs is 9. The van der Waals surface area contributed by atoms with Gasteiger partial charge < -0.3 is 4.57 Å². The summed E-state index contributed by atoms with van der Waals surface area (Å²) >= 11 is 1.89. The molecule has 0 amide bonds. The fourth-order valence-electron chi connectivity index (χ4n) is 9.03. The van der Waals surface area contributed by atoms with E-state index in [0.717, 1.165) is 0 Å². The van der Waals surface area contributed by atoms with Crippen molar-refractivity contribution >= 4 is 64.8 Å². The van der Waals surface area contributed by atoms with E-state index >= 15 is 0 Å². The van der Waals surface area contributed by atoms with E-state index in [1.54, 1.807) is 0 Å². The maximum Gasteiger partial charge on any atom is 0.0588 e. The molecule has 0 saturated carbocycles. The van der Waals surface area contributed by atoms with Crippen LogP contribution in [-0.4, -0.2) is 4.57 Å². The lowest BCUT2D eigenvalue weighted by molar-refractivity contribution is 0.241. The van der Waals surface area contributed by atoms with Gasteiger partial charge in [-0.2, -0.15) is 0 Å². The monoisotopic (exact) mass is 581 g/mol. The number of hydrogen-bond acceptors (Lipinski definition) is 1. The van der Waals surface area contributed by atoms with Crippen molar-refractivity contribution < 1.29 is 0 Å². The summed E-state index contributed by atoms with van der Waals surface area (Å²) in [6.45, 7) is 7.39. The van der Waals surface area contributed by atoms with Gasteiger partial charge in [-0.25, -0.2) is 0 Å². The van der Waals surface area contributed by atoms with Crippen molar-refractivity contribution in [2.45, 2.75) is 26.2 Å². The Morgan fingerprint density at radius 3 is 2.34 bits per heavy atom. The highest BCUT2D eigenvalue weighted by Crippen LogP contribution is 2.61. The van der Waals surface area contributed by atoms with E-state index in [0.29, 0.717) is 5.92 Å². The molecule has 0 saturated heterocycles. The normalized spacial score (nSPS) is 21.3. The van der Waals surface area contributed by atoms with Gasteiger partial charge in [0.05, 0.1) is 10.9 Å². The third kappa shape index (κ3) is 2.95. The summed E-state index contributed by atoms with van der Waals surface area (Å²) in [5.41, 5.74) is 8.05. The maximum atomic E-state index is 2.60. The molecule has 3 aliphatic carbocycles. The quantitative estimate of drug-likeness (QED) is 0.182. The highest BCUT2D eigenvalue weighted by atomic mass is 32.1. The van der Waals surface area contributed by atoms with Crippen molar-refractivity contribution in [2.75, 3.05) is 0 Å². The van der Waals surface area contributed by atoms with E-state index in [4.69, 9.17) is 0 Å². The SMILES string of the molecule is CC12C3=CC=CC1C(C)(C)c1ccccc1C2=c1c(c2cc4ccccc4cc2n1-c1ccc2sc4ccccc4c2c1)=C3. The van der Waals surface area contributed by atoms with Crippen molar-refractivity contribution in [3.05, 3.63) is 149 Å². The number of benzene rings is 5. The highest BCUT2D eigenvalue weighted by molar-refractivity contribution is 7.25. The van der Waals surface area contributed by atoms with E-state index in [9.17, 15) is 0 Å². The minimum atomic E-state index is -0.148. The van der Waals surface area contributed by atoms with Crippen LogP contribution in [0.2, 0.25) is 0 Å². The first kappa shape index (κ1) is 24.7. The fraction of sp³-hybridized carbons (Fsp3) is 0.143. The smallest absolute Gasteiger partial charge is 0.0588 e. The van der Waals surface area contributed by atoms with Gasteiger partial charge in [-0.3, -0.25) is 0 Å². The van der Waals surface area contributed by atoms with Crippen molar-refractivity contribution in [1.82, 2.24) is 4.57 Å². The molecule has 210 valence electrons. The van der Waals surface area contributed by atoms with Crippen molar-refractivity contribution in [1.29, 1.82) is 0 Å². The average molecular weight is 582 g/mol. The lowest BCUT2D eigenvalue weighted by atomic mass is 9.48. The summed E-state index contributed by atoms with van der Waals surface area (Å²) in [7, 11) is 0. The molecule has 2 aromatic heterocycles. The molecule has 2 heterocycles. The third-order valence-electron chi connectivity index (χ3n) is 11.0. The van der Waals surface area contributed by atoms with Gasteiger partial charge in [0.25, 0.3) is 0 Å². The first-order valence-corrected chi connectivity index (χ1v) is 16.5. The largest absolute Gasteiger partial charge is 0.309 e. The average Bonchev–Trinajstić information content (AvgIpc) is 3.56. The molecule has 5 aromatic carbocycles. The molecule has 2 atom stereocenters. The van der Waals surface area contributed by atoms with Crippen LogP contribution in [0.5, 0.6) is 0 Å². The van der Waals surface area contributed by atoms with Gasteiger partial charge in [-0.15, -0.1) is 11.3 Å². The zero-order valence-corrected chi connectivity index (χ0v) is 25.9. The second-order valence-electron chi connectivity index (χ2n) is 13.6. The molecule has 2 unspecified atom stereocenters. The fourth-order valence-corrected chi connectivity index (χ4v) is 10.1. The highest BCUT2D eigenvalue weighted by Gasteiger charge is 2.54. The summed E-state index contributed by atoms with van der Waals surface area (Å²) in [5.74, 6) is 0.345. The van der Waals surface area contributed by atoms with E-state index in [1.165, 1.54) is 80.4 Å². The zero-order valence-electron chi connectivity index (χ0n) is 25.1. The Morgan fingerprint density at radius 1 is 0.705 bits per heavy atom. The van der Waals surface area contributed by atoms with Crippen LogP contribution >= 0.6 is 11.3 Å². The summed E-state index contributed by atoms with van der Waals surface area (Å²) in [4.78, 5) is 0. The number of hydrogen-bond donors (Lipinski definition) is 0. The molecule has 0 fully saturated rings. The molecule has 0 bridgehead atoms. The summed E-state index contributed by atoms with van der Waals surface area (Å²) in [5, 5.41) is 9.23. The number of thiophene rings is 1. The summed E-state index contributed by atoms with van der Waals surface area (Å²) < 4.78 is 5.28. The predicted molar refractivity (Wildman–Crippen MR) is 188 cm³/mol. The van der Waals surface area contributed by atoms with Gasteiger partial charge in [0, 0.05) is 41.9 Å². The van der Waals surface area contributed by atoms with Crippen LogP contribution in [-0.2, 0) is 5.41 Å². The Kier molecular flexibility index (Phi) is 4.66. The van der Waals surface area contributed by atoms with Gasteiger partial charge in [0.2, 0.25) is 0 Å². The van der Waals surface area contributed by atoms with Crippen LogP contribution in [0, 0.1) is 11.3 Å². The van der Waals surface area contributed by atoms with Crippen LogP contribution in [0.15, 0.2) is 127 Å². The minimum Gasteiger partial charge on any atom is -0.309 e. The summed E-state index contributed by atoms with van der Waals surface area (Å²) in [6, 6.07) is 38.8. The molecule has 3 aliphatic rings. The molecule has 2 heteroatoms. The Hall–Kier alpha value is -4.66. The maximum absolute atomic E-state index is 2.60. The van der Waals surface area contributed by atoms with E-state index in [1.807, 2.05) is 11.3 Å². The molecular weight excluding hydrogens is 551 g/mol. The third-order valence-corrected chi connectivity index (χ3v) is 12.2. The topological polar surface area (TPSA) is 4.93 Å². The number of rotatable bonds is 1. The van der Waals surface area contributed by atoms with Gasteiger partial charge in [0.15, 0.2) is 0 Å². The van der Waals surface area contributed by atoms with Crippen LogP contribution in [0.3, 0.4) is 0 Å². The van der Waals surface area contributed by atoms with Crippen molar-refractivity contribution in [3.63, 3.8) is 0 Å². The van der Waals surface area contributed by atoms with Gasteiger partial charge in [-0.05, 0) is 86.9 Å². The predicted octanol–water partition coefficient (Wildman–Crippen LogP) is 9.55. The number of aromatic nitrogens is 1. The number of allylic oxidation sites excluding steroid dienone is 4. The second kappa shape index (κ2) is 8.28. The van der Waals surface area contributed by atoms with Gasteiger partial charge in [0.1, 0.15) is 0 Å². The Morgan fingerprint density at radius 2 is 1.45 bits per heavy atom. The molecule has 0 aliphatic heterocycles. The van der Waals surface area contributed by atoms with Crippen LogP contribution in [0.4, 0.5) is 0 Å². The standard InChI is InChI=1S/C42H31NS/c1-41(2)34-16-8-6-15-30(34)39-40-33(23-27-13-10-18-38(41)42(27,39)3)31-21-25-11-4-5-12-26(25)22-35(31)43(40)28-19-20-37-32(24-28)29-14-7-9-17-36(29)44-37/h4-24,38H,1-3H3. The van der Waals surface area contributed by atoms with Crippen LogP contribution < -0.4 is 10.6 Å². The Labute approximate surface area is 260 Å². The van der Waals surface area contributed by atoms with Gasteiger partial charge in [-0.1, -0.05) is 106 Å². The van der Waals surface area contributed by atoms with Crippen molar-refractivity contribution in [2.24, 2.45) is 11.3 Å². The molecule has 0 radical (unpaired) electrons. The molecule has 0 N–H and O–H groups in total. The summed E-state index contributed by atoms with van der Waals surface area (Å²) in [6.07, 6.45) is 9.67.